The SMILES string of the molecule is CC(=O)/C(=C(\C(C)=O)C(C)(C)CCC(C)(C)c1ncccc1C(C)(C)C)C(C)(C)CCC(C)(C)c1cc2ccccc2cc1C(C)(C)C. The first-order chi connectivity index (χ1) is 21.7. The lowest BCUT2D eigenvalue weighted by Gasteiger charge is -2.39. The van der Waals surface area contributed by atoms with Gasteiger partial charge in [0.15, 0.2) is 11.6 Å². The van der Waals surface area contributed by atoms with Crippen molar-refractivity contribution in [3.05, 3.63) is 88.3 Å². The maximum absolute atomic E-state index is 13.7. The molecule has 0 aliphatic rings. The molecule has 0 aliphatic heterocycles. The molecule has 0 aliphatic carbocycles. The second-order valence-electron chi connectivity index (χ2n) is 19.0. The molecule has 0 saturated carbocycles. The molecule has 3 nitrogen and oxygen atoms in total. The fourth-order valence-corrected chi connectivity index (χ4v) is 7.71. The molecule has 0 atom stereocenters. The Bertz CT molecular complexity index is 1680. The van der Waals surface area contributed by atoms with E-state index in [4.69, 9.17) is 4.98 Å². The van der Waals surface area contributed by atoms with E-state index in [-0.39, 0.29) is 33.2 Å². The first-order valence-corrected chi connectivity index (χ1v) is 18.0. The third-order valence-electron chi connectivity index (χ3n) is 10.7. The third kappa shape index (κ3) is 8.74. The number of hydrogen-bond acceptors (Lipinski definition) is 3. The highest BCUT2D eigenvalue weighted by molar-refractivity contribution is 6.06. The van der Waals surface area contributed by atoms with Crippen LogP contribution >= 0.6 is 0 Å². The van der Waals surface area contributed by atoms with Crippen LogP contribution in [-0.2, 0) is 31.2 Å². The molecule has 1 aromatic heterocycles. The standard InChI is InChI=1S/C45H65NO2/c1-30(47)37(38(31(2)48)44(13,14)25-26-45(15,16)39-34(40(3,4)5)22-19-27-46-39)43(11,12)24-23-42(9,10)36-29-33-21-18-17-20-32(33)28-35(36)41(6,7)8/h17-22,27-29H,23-26H2,1-16H3/b38-37-. The van der Waals surface area contributed by atoms with Crippen LogP contribution in [0.3, 0.4) is 0 Å². The zero-order valence-corrected chi connectivity index (χ0v) is 33.3. The average molecular weight is 652 g/mol. The van der Waals surface area contributed by atoms with Gasteiger partial charge in [-0.15, -0.1) is 0 Å². The van der Waals surface area contributed by atoms with E-state index in [0.717, 1.165) is 31.4 Å². The van der Waals surface area contributed by atoms with Gasteiger partial charge in [-0.3, -0.25) is 14.6 Å². The number of rotatable bonds is 12. The van der Waals surface area contributed by atoms with Crippen molar-refractivity contribution >= 4 is 22.3 Å². The van der Waals surface area contributed by atoms with Crippen molar-refractivity contribution in [2.24, 2.45) is 10.8 Å². The monoisotopic (exact) mass is 652 g/mol. The van der Waals surface area contributed by atoms with Crippen LogP contribution in [-0.4, -0.2) is 16.6 Å². The molecule has 2 aromatic carbocycles. The summed E-state index contributed by atoms with van der Waals surface area (Å²) in [5.41, 5.74) is 5.09. The summed E-state index contributed by atoms with van der Waals surface area (Å²) in [6.07, 6.45) is 5.16. The first-order valence-electron chi connectivity index (χ1n) is 18.0. The van der Waals surface area contributed by atoms with Crippen LogP contribution < -0.4 is 0 Å². The first kappa shape index (κ1) is 39.4. The van der Waals surface area contributed by atoms with Crippen molar-refractivity contribution in [1.29, 1.82) is 0 Å². The zero-order chi connectivity index (χ0) is 36.7. The number of benzene rings is 2. The van der Waals surface area contributed by atoms with Gasteiger partial charge in [0.05, 0.1) is 0 Å². The lowest BCUT2D eigenvalue weighted by Crippen LogP contribution is -2.33. The number of Topliss-reactive ketones (excluding diaryl/α,β-unsaturated/α-hetero) is 2. The molecule has 0 spiro atoms. The number of hydrogen-bond donors (Lipinski definition) is 0. The molecule has 0 N–H and O–H groups in total. The van der Waals surface area contributed by atoms with Gasteiger partial charge in [0.2, 0.25) is 0 Å². The fourth-order valence-electron chi connectivity index (χ4n) is 7.71. The summed E-state index contributed by atoms with van der Waals surface area (Å²) in [4.78, 5) is 32.2. The number of fused-ring (bicyclic) bond motifs is 1. The number of allylic oxidation sites excluding steroid dienone is 2. The summed E-state index contributed by atoms with van der Waals surface area (Å²) in [5, 5.41) is 2.51. The Morgan fingerprint density at radius 1 is 0.521 bits per heavy atom. The lowest BCUT2D eigenvalue weighted by molar-refractivity contribution is -0.117. The molecular weight excluding hydrogens is 587 g/mol. The molecule has 1 heterocycles. The quantitative estimate of drug-likeness (QED) is 0.183. The molecule has 262 valence electrons. The summed E-state index contributed by atoms with van der Waals surface area (Å²) >= 11 is 0. The number of ketones is 2. The van der Waals surface area contributed by atoms with E-state index in [9.17, 15) is 9.59 Å². The second-order valence-corrected chi connectivity index (χ2v) is 19.0. The topological polar surface area (TPSA) is 47.0 Å². The minimum Gasteiger partial charge on any atom is -0.295 e. The van der Waals surface area contributed by atoms with Crippen LogP contribution in [0.5, 0.6) is 0 Å². The minimum absolute atomic E-state index is 0.00354. The molecule has 0 bridgehead atoms. The van der Waals surface area contributed by atoms with Crippen molar-refractivity contribution in [2.75, 3.05) is 0 Å². The van der Waals surface area contributed by atoms with E-state index in [1.165, 1.54) is 27.5 Å². The maximum Gasteiger partial charge on any atom is 0.156 e. The highest BCUT2D eigenvalue weighted by Gasteiger charge is 2.40. The molecule has 0 unspecified atom stereocenters. The van der Waals surface area contributed by atoms with E-state index in [1.807, 2.05) is 12.3 Å². The molecule has 0 fully saturated rings. The number of nitrogens with zero attached hydrogens (tertiary/aromatic N) is 1. The highest BCUT2D eigenvalue weighted by Crippen LogP contribution is 2.47. The Morgan fingerprint density at radius 2 is 0.938 bits per heavy atom. The Balaban J connectivity index is 2.02. The summed E-state index contributed by atoms with van der Waals surface area (Å²) in [6, 6.07) is 17.6. The van der Waals surface area contributed by atoms with Gasteiger partial charge in [0.25, 0.3) is 0 Å². The molecule has 3 heteroatoms. The zero-order valence-electron chi connectivity index (χ0n) is 33.3. The van der Waals surface area contributed by atoms with E-state index in [1.54, 1.807) is 13.8 Å². The third-order valence-corrected chi connectivity index (χ3v) is 10.7. The summed E-state index contributed by atoms with van der Waals surface area (Å²) in [7, 11) is 0. The molecule has 0 radical (unpaired) electrons. The highest BCUT2D eigenvalue weighted by atomic mass is 16.1. The molecule has 0 saturated heterocycles. The van der Waals surface area contributed by atoms with Crippen LogP contribution in [0.1, 0.15) is 159 Å². The van der Waals surface area contributed by atoms with Gasteiger partial charge in [-0.2, -0.15) is 0 Å². The number of aromatic nitrogens is 1. The van der Waals surface area contributed by atoms with E-state index in [0.29, 0.717) is 11.1 Å². The molecule has 48 heavy (non-hydrogen) atoms. The van der Waals surface area contributed by atoms with Gasteiger partial charge in [-0.25, -0.2) is 0 Å². The fraction of sp³-hybridized carbons (Fsp3) is 0.578. The summed E-state index contributed by atoms with van der Waals surface area (Å²) in [5.74, 6) is -0.00993. The summed E-state index contributed by atoms with van der Waals surface area (Å²) in [6.45, 7) is 34.7. The molecule has 3 rings (SSSR count). The number of pyridine rings is 1. The van der Waals surface area contributed by atoms with Gasteiger partial charge in [0, 0.05) is 28.5 Å². The van der Waals surface area contributed by atoms with Gasteiger partial charge in [0.1, 0.15) is 0 Å². The van der Waals surface area contributed by atoms with Crippen molar-refractivity contribution in [2.45, 2.75) is 158 Å². The second kappa shape index (κ2) is 13.7. The van der Waals surface area contributed by atoms with Crippen LogP contribution in [0.15, 0.2) is 65.9 Å². The van der Waals surface area contributed by atoms with Crippen LogP contribution in [0.4, 0.5) is 0 Å². The van der Waals surface area contributed by atoms with Crippen LogP contribution in [0.2, 0.25) is 0 Å². The van der Waals surface area contributed by atoms with Crippen molar-refractivity contribution in [3.63, 3.8) is 0 Å². The predicted molar refractivity (Wildman–Crippen MR) is 206 cm³/mol. The average Bonchev–Trinajstić information content (AvgIpc) is 2.96. The Labute approximate surface area is 293 Å². The predicted octanol–water partition coefficient (Wildman–Crippen LogP) is 12.2. The Morgan fingerprint density at radius 3 is 1.35 bits per heavy atom. The maximum atomic E-state index is 13.7. The van der Waals surface area contributed by atoms with Gasteiger partial charge in [-0.05, 0) is 100 Å². The van der Waals surface area contributed by atoms with Crippen LogP contribution in [0.25, 0.3) is 10.8 Å². The molecule has 0 amide bonds. The Hall–Kier alpha value is -3.07. The van der Waals surface area contributed by atoms with E-state index in [2.05, 4.69) is 139 Å². The normalized spacial score (nSPS) is 14.2. The summed E-state index contributed by atoms with van der Waals surface area (Å²) < 4.78 is 0. The van der Waals surface area contributed by atoms with E-state index < -0.39 is 10.8 Å². The molecule has 3 aromatic rings. The van der Waals surface area contributed by atoms with Crippen molar-refractivity contribution in [3.8, 4) is 0 Å². The molecular formula is C45H65NO2. The number of carbonyl (C=O) groups excluding carboxylic acids is 2. The Kier molecular flexibility index (Phi) is 11.2. The van der Waals surface area contributed by atoms with Crippen LogP contribution in [0, 0.1) is 10.8 Å². The lowest BCUT2D eigenvalue weighted by atomic mass is 9.64. The van der Waals surface area contributed by atoms with Gasteiger partial charge in [-0.1, -0.05) is 139 Å². The van der Waals surface area contributed by atoms with Gasteiger partial charge < -0.3 is 0 Å². The van der Waals surface area contributed by atoms with E-state index >= 15 is 0 Å². The number of carbonyl (C=O) groups is 2. The van der Waals surface area contributed by atoms with Gasteiger partial charge >= 0.3 is 0 Å². The smallest absolute Gasteiger partial charge is 0.156 e. The van der Waals surface area contributed by atoms with Crippen molar-refractivity contribution in [1.82, 2.24) is 4.98 Å². The largest absolute Gasteiger partial charge is 0.295 e. The van der Waals surface area contributed by atoms with Crippen molar-refractivity contribution < 1.29 is 9.59 Å². The minimum atomic E-state index is -0.495.